The monoisotopic (exact) mass is 386 g/mol. The Kier molecular flexibility index (Phi) is 6.39. The summed E-state index contributed by atoms with van der Waals surface area (Å²) in [6, 6.07) is 13.5. The summed E-state index contributed by atoms with van der Waals surface area (Å²) < 4.78 is 26.7. The first-order valence-electron chi connectivity index (χ1n) is 9.49. The van der Waals surface area contributed by atoms with Gasteiger partial charge in [-0.15, -0.1) is 0 Å². The molecule has 4 nitrogen and oxygen atoms in total. The Morgan fingerprint density at radius 1 is 1.04 bits per heavy atom. The molecule has 6 heteroatoms. The summed E-state index contributed by atoms with van der Waals surface area (Å²) in [5.41, 5.74) is 1.48. The van der Waals surface area contributed by atoms with Crippen LogP contribution >= 0.6 is 0 Å². The number of piperidine rings is 1. The zero-order valence-electron chi connectivity index (χ0n) is 15.9. The molecule has 1 aliphatic rings. The third-order valence-electron chi connectivity index (χ3n) is 5.22. The summed E-state index contributed by atoms with van der Waals surface area (Å²) in [5, 5.41) is 0. The van der Waals surface area contributed by atoms with Crippen molar-refractivity contribution >= 4 is 17.5 Å². The molecular formula is C22H24F2N2O2. The van der Waals surface area contributed by atoms with E-state index in [1.54, 1.807) is 4.90 Å². The molecule has 0 radical (unpaired) electrons. The van der Waals surface area contributed by atoms with Crippen molar-refractivity contribution in [3.8, 4) is 0 Å². The number of hydrogen-bond acceptors (Lipinski definition) is 2. The van der Waals surface area contributed by atoms with E-state index in [1.165, 1.54) is 23.5 Å². The smallest absolute Gasteiger partial charge is 0.242 e. The molecular weight excluding hydrogens is 362 g/mol. The number of benzene rings is 2. The van der Waals surface area contributed by atoms with Gasteiger partial charge in [-0.2, -0.15) is 0 Å². The van der Waals surface area contributed by atoms with E-state index in [1.807, 2.05) is 18.2 Å². The predicted molar refractivity (Wildman–Crippen MR) is 104 cm³/mol. The van der Waals surface area contributed by atoms with Crippen molar-refractivity contribution in [2.75, 3.05) is 24.5 Å². The number of halogens is 2. The molecule has 0 unspecified atom stereocenters. The van der Waals surface area contributed by atoms with Crippen LogP contribution in [0.15, 0.2) is 48.5 Å². The van der Waals surface area contributed by atoms with Crippen LogP contribution in [0.5, 0.6) is 0 Å². The first-order valence-corrected chi connectivity index (χ1v) is 9.49. The summed E-state index contributed by atoms with van der Waals surface area (Å²) >= 11 is 0. The molecule has 2 aromatic rings. The van der Waals surface area contributed by atoms with Gasteiger partial charge in [0, 0.05) is 31.8 Å². The Bertz CT molecular complexity index is 834. The fourth-order valence-corrected chi connectivity index (χ4v) is 3.61. The highest BCUT2D eigenvalue weighted by Gasteiger charge is 2.25. The maximum Gasteiger partial charge on any atom is 0.242 e. The molecule has 0 spiro atoms. The zero-order valence-corrected chi connectivity index (χ0v) is 15.9. The van der Waals surface area contributed by atoms with Crippen LogP contribution in [0, 0.1) is 17.6 Å². The van der Waals surface area contributed by atoms with E-state index in [-0.39, 0.29) is 18.1 Å². The molecule has 148 valence electrons. The minimum atomic E-state index is -1.04. The fraction of sp³-hybridized carbons (Fsp3) is 0.364. The average Bonchev–Trinajstić information content (AvgIpc) is 2.69. The number of nitrogens with zero attached hydrogens (tertiary/aromatic N) is 2. The molecule has 0 aromatic heterocycles. The van der Waals surface area contributed by atoms with Crippen molar-refractivity contribution in [1.82, 2.24) is 4.90 Å². The molecule has 1 saturated heterocycles. The van der Waals surface area contributed by atoms with Crippen LogP contribution in [0.4, 0.5) is 14.5 Å². The van der Waals surface area contributed by atoms with Gasteiger partial charge in [0.2, 0.25) is 11.8 Å². The minimum absolute atomic E-state index is 0.177. The van der Waals surface area contributed by atoms with Crippen LogP contribution < -0.4 is 4.90 Å². The van der Waals surface area contributed by atoms with Crippen LogP contribution in [0.25, 0.3) is 0 Å². The molecule has 0 aliphatic carbocycles. The Balaban J connectivity index is 1.57. The van der Waals surface area contributed by atoms with Gasteiger partial charge in [-0.1, -0.05) is 30.3 Å². The minimum Gasteiger partial charge on any atom is -0.341 e. The fourth-order valence-electron chi connectivity index (χ4n) is 3.61. The van der Waals surface area contributed by atoms with Crippen molar-refractivity contribution in [3.63, 3.8) is 0 Å². The predicted octanol–water partition coefficient (Wildman–Crippen LogP) is 3.80. The summed E-state index contributed by atoms with van der Waals surface area (Å²) in [6.45, 7) is 2.41. The highest BCUT2D eigenvalue weighted by atomic mass is 19.2. The molecule has 1 heterocycles. The lowest BCUT2D eigenvalue weighted by Gasteiger charge is -2.33. The molecule has 0 N–H and O–H groups in total. The number of anilines is 1. The van der Waals surface area contributed by atoms with E-state index in [0.717, 1.165) is 31.4 Å². The van der Waals surface area contributed by atoms with E-state index in [4.69, 9.17) is 0 Å². The SMILES string of the molecule is CC(=O)N(CC(=O)N1CCC(Cc2ccccc2)CC1)c1ccc(F)c(F)c1. The Morgan fingerprint density at radius 3 is 2.32 bits per heavy atom. The number of amides is 2. The van der Waals surface area contributed by atoms with E-state index >= 15 is 0 Å². The lowest BCUT2D eigenvalue weighted by Crippen LogP contribution is -2.45. The van der Waals surface area contributed by atoms with Crippen molar-refractivity contribution in [3.05, 3.63) is 65.7 Å². The summed E-state index contributed by atoms with van der Waals surface area (Å²) in [4.78, 5) is 27.5. The normalized spacial score (nSPS) is 14.8. The van der Waals surface area contributed by atoms with E-state index in [2.05, 4.69) is 12.1 Å². The van der Waals surface area contributed by atoms with Crippen LogP contribution in [0.2, 0.25) is 0 Å². The molecule has 1 fully saturated rings. The molecule has 2 aromatic carbocycles. The molecule has 3 rings (SSSR count). The van der Waals surface area contributed by atoms with Gasteiger partial charge in [0.05, 0.1) is 0 Å². The van der Waals surface area contributed by atoms with Gasteiger partial charge in [0.15, 0.2) is 11.6 Å². The first-order chi connectivity index (χ1) is 13.4. The van der Waals surface area contributed by atoms with Crippen LogP contribution in [-0.4, -0.2) is 36.3 Å². The van der Waals surface area contributed by atoms with Crippen LogP contribution in [-0.2, 0) is 16.0 Å². The Hall–Kier alpha value is -2.76. The van der Waals surface area contributed by atoms with Gasteiger partial charge in [0.1, 0.15) is 6.54 Å². The van der Waals surface area contributed by atoms with Gasteiger partial charge in [-0.05, 0) is 42.9 Å². The van der Waals surface area contributed by atoms with Gasteiger partial charge in [-0.3, -0.25) is 9.59 Å². The van der Waals surface area contributed by atoms with Crippen molar-refractivity contribution in [2.45, 2.75) is 26.2 Å². The topological polar surface area (TPSA) is 40.6 Å². The molecule has 0 atom stereocenters. The standard InChI is InChI=1S/C22H24F2N2O2/c1-16(27)26(19-7-8-20(23)21(24)14-19)15-22(28)25-11-9-18(10-12-25)13-17-5-3-2-4-6-17/h2-8,14,18H,9-13,15H2,1H3. The number of hydrogen-bond donors (Lipinski definition) is 0. The van der Waals surface area contributed by atoms with Crippen molar-refractivity contribution in [2.24, 2.45) is 5.92 Å². The second kappa shape index (κ2) is 8.95. The maximum atomic E-state index is 13.5. The molecule has 1 aliphatic heterocycles. The quantitative estimate of drug-likeness (QED) is 0.784. The highest BCUT2D eigenvalue weighted by molar-refractivity contribution is 5.97. The molecule has 28 heavy (non-hydrogen) atoms. The van der Waals surface area contributed by atoms with Gasteiger partial charge in [0.25, 0.3) is 0 Å². The zero-order chi connectivity index (χ0) is 20.1. The summed E-state index contributed by atoms with van der Waals surface area (Å²) in [7, 11) is 0. The van der Waals surface area contributed by atoms with Crippen LogP contribution in [0.1, 0.15) is 25.3 Å². The van der Waals surface area contributed by atoms with Gasteiger partial charge in [-0.25, -0.2) is 8.78 Å². The summed E-state index contributed by atoms with van der Waals surface area (Å²) in [5.74, 6) is -2.07. The van der Waals surface area contributed by atoms with Gasteiger partial charge >= 0.3 is 0 Å². The number of carbonyl (C=O) groups excluding carboxylic acids is 2. The molecule has 0 saturated carbocycles. The first kappa shape index (κ1) is 20.0. The van der Waals surface area contributed by atoms with Crippen molar-refractivity contribution < 1.29 is 18.4 Å². The Morgan fingerprint density at radius 2 is 1.71 bits per heavy atom. The molecule has 0 bridgehead atoms. The van der Waals surface area contributed by atoms with Crippen molar-refractivity contribution in [1.29, 1.82) is 0 Å². The molecule has 2 amide bonds. The third kappa shape index (κ3) is 4.94. The van der Waals surface area contributed by atoms with E-state index in [0.29, 0.717) is 19.0 Å². The second-order valence-electron chi connectivity index (χ2n) is 7.22. The third-order valence-corrected chi connectivity index (χ3v) is 5.22. The average molecular weight is 386 g/mol. The van der Waals surface area contributed by atoms with E-state index in [9.17, 15) is 18.4 Å². The number of carbonyl (C=O) groups is 2. The number of likely N-dealkylation sites (tertiary alicyclic amines) is 1. The maximum absolute atomic E-state index is 13.5. The lowest BCUT2D eigenvalue weighted by atomic mass is 9.90. The highest BCUT2D eigenvalue weighted by Crippen LogP contribution is 2.23. The second-order valence-corrected chi connectivity index (χ2v) is 7.22. The largest absolute Gasteiger partial charge is 0.341 e. The number of rotatable bonds is 5. The van der Waals surface area contributed by atoms with Gasteiger partial charge < -0.3 is 9.80 Å². The summed E-state index contributed by atoms with van der Waals surface area (Å²) in [6.07, 6.45) is 2.81. The lowest BCUT2D eigenvalue weighted by molar-refractivity contribution is -0.132. The van der Waals surface area contributed by atoms with Crippen LogP contribution in [0.3, 0.4) is 0 Å². The van der Waals surface area contributed by atoms with E-state index < -0.39 is 17.5 Å². The Labute approximate surface area is 163 Å².